The molecular weight excluding hydrogens is 447 g/mol. The first-order valence-electron chi connectivity index (χ1n) is 10.9. The van der Waals surface area contributed by atoms with Crippen molar-refractivity contribution in [3.8, 4) is 28.5 Å². The van der Waals surface area contributed by atoms with Gasteiger partial charge in [-0.05, 0) is 42.5 Å². The van der Waals surface area contributed by atoms with Crippen LogP contribution in [0.3, 0.4) is 0 Å². The molecule has 176 valence electrons. The number of aromatic nitrogens is 2. The van der Waals surface area contributed by atoms with Crippen molar-refractivity contribution in [2.45, 2.75) is 6.54 Å². The Balaban J connectivity index is 1.59. The number of halogens is 1. The highest BCUT2D eigenvalue weighted by atomic mass is 19.1. The van der Waals surface area contributed by atoms with E-state index in [0.717, 1.165) is 28.1 Å². The zero-order valence-corrected chi connectivity index (χ0v) is 19.5. The third-order valence-corrected chi connectivity index (χ3v) is 5.78. The van der Waals surface area contributed by atoms with Crippen LogP contribution in [0.4, 0.5) is 16.0 Å². The lowest BCUT2D eigenvalue weighted by Crippen LogP contribution is -2.08. The lowest BCUT2D eigenvalue weighted by molar-refractivity contribution is 0.355. The van der Waals surface area contributed by atoms with Gasteiger partial charge >= 0.3 is 0 Å². The Morgan fingerprint density at radius 3 is 2.43 bits per heavy atom. The number of rotatable bonds is 6. The van der Waals surface area contributed by atoms with Crippen LogP contribution in [0.1, 0.15) is 16.7 Å². The fourth-order valence-corrected chi connectivity index (χ4v) is 4.04. The van der Waals surface area contributed by atoms with E-state index >= 15 is 0 Å². The lowest BCUT2D eigenvalue weighted by atomic mass is 9.95. The highest BCUT2D eigenvalue weighted by Gasteiger charge is 2.23. The fourth-order valence-electron chi connectivity index (χ4n) is 4.04. The summed E-state index contributed by atoms with van der Waals surface area (Å²) in [5.74, 6) is 1.93. The second-order valence-corrected chi connectivity index (χ2v) is 7.82. The van der Waals surface area contributed by atoms with Crippen LogP contribution in [0.2, 0.25) is 0 Å². The standard InChI is InChI=1S/C27H23FN4O3/c1-33-18-9-10-19-21(13-18)26(20-6-4-5-7-22(20)28)29-14-16-15-30-27(32-25(16)19)31-17-8-11-23(34-2)24(12-17)35-3/h4-13,15H,14H2,1-3H3,(H,30,31,32). The maximum atomic E-state index is 14.8. The van der Waals surface area contributed by atoms with Crippen molar-refractivity contribution >= 4 is 17.3 Å². The van der Waals surface area contributed by atoms with Gasteiger partial charge in [-0.2, -0.15) is 0 Å². The summed E-state index contributed by atoms with van der Waals surface area (Å²) in [7, 11) is 4.77. The van der Waals surface area contributed by atoms with E-state index < -0.39 is 0 Å². The molecule has 0 spiro atoms. The number of benzene rings is 3. The van der Waals surface area contributed by atoms with E-state index in [4.69, 9.17) is 24.2 Å². The Morgan fingerprint density at radius 2 is 1.66 bits per heavy atom. The molecule has 0 saturated heterocycles. The van der Waals surface area contributed by atoms with E-state index in [-0.39, 0.29) is 5.82 Å². The van der Waals surface area contributed by atoms with E-state index in [9.17, 15) is 4.39 Å². The molecule has 3 aromatic carbocycles. The van der Waals surface area contributed by atoms with Crippen molar-refractivity contribution in [3.05, 3.63) is 89.4 Å². The van der Waals surface area contributed by atoms with Gasteiger partial charge in [0.25, 0.3) is 0 Å². The Morgan fingerprint density at radius 1 is 0.829 bits per heavy atom. The molecule has 0 aliphatic carbocycles. The highest BCUT2D eigenvalue weighted by molar-refractivity contribution is 6.17. The van der Waals surface area contributed by atoms with Gasteiger partial charge in [-0.15, -0.1) is 0 Å². The van der Waals surface area contributed by atoms with Gasteiger partial charge in [-0.3, -0.25) is 4.99 Å². The molecule has 7 nitrogen and oxygen atoms in total. The average molecular weight is 471 g/mol. The van der Waals surface area contributed by atoms with Gasteiger partial charge in [0.05, 0.1) is 39.3 Å². The van der Waals surface area contributed by atoms with E-state index in [1.807, 2.05) is 30.3 Å². The minimum atomic E-state index is -0.340. The number of ether oxygens (including phenoxy) is 3. The summed E-state index contributed by atoms with van der Waals surface area (Å²) in [6.07, 6.45) is 1.74. The summed E-state index contributed by atoms with van der Waals surface area (Å²) in [5, 5.41) is 3.23. The minimum absolute atomic E-state index is 0.312. The molecule has 1 aromatic heterocycles. The Labute approximate surface area is 202 Å². The summed E-state index contributed by atoms with van der Waals surface area (Å²) in [6, 6.07) is 17.7. The van der Waals surface area contributed by atoms with Gasteiger partial charge in [0.15, 0.2) is 11.5 Å². The van der Waals surface area contributed by atoms with Crippen LogP contribution in [0, 0.1) is 5.82 Å². The van der Waals surface area contributed by atoms with Gasteiger partial charge in [0, 0.05) is 40.2 Å². The van der Waals surface area contributed by atoms with E-state index in [0.29, 0.717) is 41.0 Å². The molecule has 0 amide bonds. The first kappa shape index (κ1) is 22.3. The summed E-state index contributed by atoms with van der Waals surface area (Å²) >= 11 is 0. The molecule has 2 heterocycles. The van der Waals surface area contributed by atoms with Crippen LogP contribution in [-0.2, 0) is 6.54 Å². The van der Waals surface area contributed by atoms with Crippen molar-refractivity contribution in [3.63, 3.8) is 0 Å². The van der Waals surface area contributed by atoms with Gasteiger partial charge in [-0.25, -0.2) is 14.4 Å². The van der Waals surface area contributed by atoms with Crippen LogP contribution in [0.25, 0.3) is 11.3 Å². The lowest BCUT2D eigenvalue weighted by Gasteiger charge is -2.14. The molecule has 1 N–H and O–H groups in total. The second-order valence-electron chi connectivity index (χ2n) is 7.82. The Hall–Kier alpha value is -4.46. The van der Waals surface area contributed by atoms with E-state index in [1.165, 1.54) is 6.07 Å². The average Bonchev–Trinajstić information content (AvgIpc) is 3.05. The number of aliphatic imine (C=N–C) groups is 1. The van der Waals surface area contributed by atoms with Crippen LogP contribution in [-0.4, -0.2) is 37.0 Å². The van der Waals surface area contributed by atoms with Crippen LogP contribution in [0.5, 0.6) is 17.2 Å². The molecule has 5 rings (SSSR count). The highest BCUT2D eigenvalue weighted by Crippen LogP contribution is 2.35. The first-order valence-corrected chi connectivity index (χ1v) is 10.9. The van der Waals surface area contributed by atoms with Crippen molar-refractivity contribution in [1.82, 2.24) is 9.97 Å². The predicted molar refractivity (Wildman–Crippen MR) is 133 cm³/mol. The number of fused-ring (bicyclic) bond motifs is 3. The second kappa shape index (κ2) is 9.42. The maximum Gasteiger partial charge on any atom is 0.227 e. The quantitative estimate of drug-likeness (QED) is 0.406. The number of nitrogens with zero attached hydrogens (tertiary/aromatic N) is 3. The molecule has 0 radical (unpaired) electrons. The van der Waals surface area contributed by atoms with Crippen molar-refractivity contribution in [1.29, 1.82) is 0 Å². The number of nitrogens with one attached hydrogen (secondary N) is 1. The summed E-state index contributed by atoms with van der Waals surface area (Å²) < 4.78 is 30.9. The fraction of sp³-hybridized carbons (Fsp3) is 0.148. The monoisotopic (exact) mass is 470 g/mol. The molecule has 4 aromatic rings. The first-order chi connectivity index (χ1) is 17.1. The number of hydrogen-bond acceptors (Lipinski definition) is 7. The third-order valence-electron chi connectivity index (χ3n) is 5.78. The minimum Gasteiger partial charge on any atom is -0.497 e. The smallest absolute Gasteiger partial charge is 0.227 e. The SMILES string of the molecule is COc1ccc2c(c1)C(c1ccccc1F)=NCc1cnc(Nc3ccc(OC)c(OC)c3)nc1-2. The molecule has 35 heavy (non-hydrogen) atoms. The Bertz CT molecular complexity index is 1440. The Kier molecular flexibility index (Phi) is 6.01. The van der Waals surface area contributed by atoms with Gasteiger partial charge in [0.1, 0.15) is 11.6 Å². The summed E-state index contributed by atoms with van der Waals surface area (Å²) in [6.45, 7) is 0.312. The topological polar surface area (TPSA) is 77.9 Å². The molecule has 8 heteroatoms. The molecule has 0 saturated carbocycles. The van der Waals surface area contributed by atoms with Gasteiger partial charge in [0.2, 0.25) is 5.95 Å². The van der Waals surface area contributed by atoms with Crippen LogP contribution in [0.15, 0.2) is 71.9 Å². The zero-order valence-electron chi connectivity index (χ0n) is 19.5. The van der Waals surface area contributed by atoms with E-state index in [2.05, 4.69) is 10.3 Å². The molecule has 1 aliphatic heterocycles. The largest absolute Gasteiger partial charge is 0.497 e. The van der Waals surface area contributed by atoms with Crippen LogP contribution >= 0.6 is 0 Å². The molecule has 0 unspecified atom stereocenters. The molecule has 0 bridgehead atoms. The van der Waals surface area contributed by atoms with Crippen molar-refractivity contribution < 1.29 is 18.6 Å². The number of anilines is 2. The zero-order chi connectivity index (χ0) is 24.4. The van der Waals surface area contributed by atoms with E-state index in [1.54, 1.807) is 51.8 Å². The molecule has 1 aliphatic rings. The van der Waals surface area contributed by atoms with Gasteiger partial charge in [-0.1, -0.05) is 12.1 Å². The number of methoxy groups -OCH3 is 3. The summed E-state index contributed by atoms with van der Waals surface area (Å²) in [5.41, 5.74) is 4.82. The predicted octanol–water partition coefficient (Wildman–Crippen LogP) is 5.40. The molecular formula is C27H23FN4O3. The maximum absolute atomic E-state index is 14.8. The third kappa shape index (κ3) is 4.26. The summed E-state index contributed by atoms with van der Waals surface area (Å²) in [4.78, 5) is 14.1. The van der Waals surface area contributed by atoms with Crippen LogP contribution < -0.4 is 19.5 Å². The number of hydrogen-bond donors (Lipinski definition) is 1. The molecule has 0 atom stereocenters. The molecule has 0 fully saturated rings. The normalized spacial score (nSPS) is 12.1. The van der Waals surface area contributed by atoms with Crippen molar-refractivity contribution in [2.75, 3.05) is 26.6 Å². The van der Waals surface area contributed by atoms with Crippen molar-refractivity contribution in [2.24, 2.45) is 4.99 Å². The van der Waals surface area contributed by atoms with Gasteiger partial charge < -0.3 is 19.5 Å².